The van der Waals surface area contributed by atoms with E-state index in [0.29, 0.717) is 5.56 Å². The Bertz CT molecular complexity index is 458. The van der Waals surface area contributed by atoms with Crippen molar-refractivity contribution >= 4 is 17.6 Å². The number of nitrogens with one attached hydrogen (secondary N) is 1. The summed E-state index contributed by atoms with van der Waals surface area (Å²) >= 11 is 0. The number of hydrogen-bond acceptors (Lipinski definition) is 6. The highest BCUT2D eigenvalue weighted by molar-refractivity contribution is 5.89. The fraction of sp³-hybridized carbons (Fsp3) is 0.500. The lowest BCUT2D eigenvalue weighted by molar-refractivity contribution is -0.146. The van der Waals surface area contributed by atoms with E-state index in [0.717, 1.165) is 25.1 Å². The second-order valence-electron chi connectivity index (χ2n) is 4.62. The number of ether oxygens (including phenoxy) is 3. The van der Waals surface area contributed by atoms with Crippen LogP contribution < -0.4 is 5.32 Å². The van der Waals surface area contributed by atoms with Gasteiger partial charge in [-0.15, -0.1) is 0 Å². The minimum Gasteiger partial charge on any atom is -0.467 e. The quantitative estimate of drug-likeness (QED) is 0.528. The van der Waals surface area contributed by atoms with Gasteiger partial charge in [0.2, 0.25) is 0 Å². The molecule has 1 N–H and O–H groups in total. The highest BCUT2D eigenvalue weighted by Gasteiger charge is 2.07. The molecule has 0 atom stereocenters. The molecule has 0 aromatic heterocycles. The minimum absolute atomic E-state index is 0.0896. The van der Waals surface area contributed by atoms with E-state index in [1.165, 1.54) is 7.11 Å². The Morgan fingerprint density at radius 3 is 2.50 bits per heavy atom. The summed E-state index contributed by atoms with van der Waals surface area (Å²) in [5, 5.41) is 3.27. The molecule has 0 aliphatic rings. The number of hydrogen-bond donors (Lipinski definition) is 1. The topological polar surface area (TPSA) is 73.9 Å². The third kappa shape index (κ3) is 7.08. The lowest BCUT2D eigenvalue weighted by atomic mass is 10.2. The van der Waals surface area contributed by atoms with Crippen LogP contribution in [0.5, 0.6) is 0 Å². The zero-order valence-electron chi connectivity index (χ0n) is 13.1. The zero-order chi connectivity index (χ0) is 16.2. The van der Waals surface area contributed by atoms with Gasteiger partial charge in [0.05, 0.1) is 19.3 Å². The molecule has 0 saturated carbocycles. The highest BCUT2D eigenvalue weighted by Crippen LogP contribution is 2.10. The molecular weight excluding hydrogens is 286 g/mol. The van der Waals surface area contributed by atoms with Gasteiger partial charge in [-0.2, -0.15) is 0 Å². The van der Waals surface area contributed by atoms with E-state index in [4.69, 9.17) is 9.47 Å². The molecule has 0 amide bonds. The van der Waals surface area contributed by atoms with Crippen molar-refractivity contribution in [3.8, 4) is 0 Å². The number of rotatable bonds is 10. The second-order valence-corrected chi connectivity index (χ2v) is 4.62. The van der Waals surface area contributed by atoms with E-state index >= 15 is 0 Å². The Morgan fingerprint density at radius 2 is 1.86 bits per heavy atom. The number of benzene rings is 1. The Labute approximate surface area is 130 Å². The van der Waals surface area contributed by atoms with E-state index in [9.17, 15) is 9.59 Å². The van der Waals surface area contributed by atoms with Gasteiger partial charge in [-0.1, -0.05) is 13.3 Å². The summed E-state index contributed by atoms with van der Waals surface area (Å²) in [6.07, 6.45) is 2.24. The lowest BCUT2D eigenvalue weighted by Crippen LogP contribution is -2.15. The van der Waals surface area contributed by atoms with Gasteiger partial charge in [0, 0.05) is 12.2 Å². The largest absolute Gasteiger partial charge is 0.467 e. The van der Waals surface area contributed by atoms with Crippen LogP contribution in [-0.2, 0) is 19.0 Å². The first kappa shape index (κ1) is 18.0. The first-order chi connectivity index (χ1) is 10.7. The van der Waals surface area contributed by atoms with Crippen molar-refractivity contribution < 1.29 is 23.8 Å². The van der Waals surface area contributed by atoms with Gasteiger partial charge in [0.15, 0.2) is 0 Å². The van der Waals surface area contributed by atoms with Crippen LogP contribution in [0.3, 0.4) is 0 Å². The maximum absolute atomic E-state index is 11.8. The van der Waals surface area contributed by atoms with Crippen molar-refractivity contribution in [3.63, 3.8) is 0 Å². The fourth-order valence-electron chi connectivity index (χ4n) is 1.62. The summed E-state index contributed by atoms with van der Waals surface area (Å²) < 4.78 is 14.4. The molecule has 0 bridgehead atoms. The van der Waals surface area contributed by atoms with Gasteiger partial charge in [-0.3, -0.25) is 0 Å². The molecule has 0 saturated heterocycles. The molecule has 1 rings (SSSR count). The van der Waals surface area contributed by atoms with Crippen LogP contribution in [0.4, 0.5) is 5.69 Å². The average Bonchev–Trinajstić information content (AvgIpc) is 2.55. The monoisotopic (exact) mass is 309 g/mol. The molecule has 6 heteroatoms. The summed E-state index contributed by atoms with van der Waals surface area (Å²) in [6, 6.07) is 7.12. The molecule has 1 aromatic rings. The van der Waals surface area contributed by atoms with Crippen molar-refractivity contribution in [1.29, 1.82) is 0 Å². The fourth-order valence-corrected chi connectivity index (χ4v) is 1.62. The molecule has 0 unspecified atom stereocenters. The predicted molar refractivity (Wildman–Crippen MR) is 83.0 cm³/mol. The van der Waals surface area contributed by atoms with Gasteiger partial charge in [-0.25, -0.2) is 9.59 Å². The first-order valence-electron chi connectivity index (χ1n) is 7.33. The van der Waals surface area contributed by atoms with E-state index in [2.05, 4.69) is 17.0 Å². The van der Waals surface area contributed by atoms with Crippen molar-refractivity contribution in [2.75, 3.05) is 38.8 Å². The third-order valence-electron chi connectivity index (χ3n) is 2.89. The van der Waals surface area contributed by atoms with Gasteiger partial charge in [0.1, 0.15) is 13.2 Å². The van der Waals surface area contributed by atoms with Crippen LogP contribution in [0.25, 0.3) is 0 Å². The van der Waals surface area contributed by atoms with E-state index in [1.54, 1.807) is 12.1 Å². The summed E-state index contributed by atoms with van der Waals surface area (Å²) in [7, 11) is 1.28. The summed E-state index contributed by atoms with van der Waals surface area (Å²) in [6.45, 7) is 3.14. The molecule has 22 heavy (non-hydrogen) atoms. The molecule has 0 heterocycles. The van der Waals surface area contributed by atoms with Crippen LogP contribution in [0.2, 0.25) is 0 Å². The number of esters is 2. The Balaban J connectivity index is 2.26. The molecule has 1 aromatic carbocycles. The highest BCUT2D eigenvalue weighted by atomic mass is 16.6. The van der Waals surface area contributed by atoms with E-state index in [1.807, 2.05) is 12.1 Å². The Morgan fingerprint density at radius 1 is 1.14 bits per heavy atom. The van der Waals surface area contributed by atoms with Crippen LogP contribution in [-0.4, -0.2) is 45.4 Å². The maximum Gasteiger partial charge on any atom is 0.338 e. The van der Waals surface area contributed by atoms with E-state index in [-0.39, 0.29) is 19.8 Å². The maximum atomic E-state index is 11.8. The molecule has 0 spiro atoms. The second kappa shape index (κ2) is 10.6. The van der Waals surface area contributed by atoms with Gasteiger partial charge in [0.25, 0.3) is 0 Å². The van der Waals surface area contributed by atoms with Crippen molar-refractivity contribution in [2.24, 2.45) is 0 Å². The molecule has 0 aliphatic heterocycles. The lowest BCUT2D eigenvalue weighted by Gasteiger charge is -2.07. The van der Waals surface area contributed by atoms with Crippen LogP contribution in [0, 0.1) is 0 Å². The van der Waals surface area contributed by atoms with Crippen LogP contribution in [0.15, 0.2) is 24.3 Å². The summed E-state index contributed by atoms with van der Waals surface area (Å²) in [5.41, 5.74) is 1.46. The zero-order valence-corrected chi connectivity index (χ0v) is 13.1. The van der Waals surface area contributed by atoms with Crippen LogP contribution in [0.1, 0.15) is 30.1 Å². The SMILES string of the molecule is CCCCNc1ccc(C(=O)OCCOCC(=O)OC)cc1. The van der Waals surface area contributed by atoms with Crippen molar-refractivity contribution in [3.05, 3.63) is 29.8 Å². The smallest absolute Gasteiger partial charge is 0.338 e. The molecule has 6 nitrogen and oxygen atoms in total. The summed E-state index contributed by atoms with van der Waals surface area (Å²) in [5.74, 6) is -0.876. The number of methoxy groups -OCH3 is 1. The van der Waals surface area contributed by atoms with Gasteiger partial charge < -0.3 is 19.5 Å². The Kier molecular flexibility index (Phi) is 8.67. The minimum atomic E-state index is -0.461. The van der Waals surface area contributed by atoms with Crippen molar-refractivity contribution in [2.45, 2.75) is 19.8 Å². The predicted octanol–water partition coefficient (Wildman–Crippen LogP) is 2.25. The molecule has 0 fully saturated rings. The standard InChI is InChI=1S/C16H23NO5/c1-3-4-9-17-14-7-5-13(6-8-14)16(19)22-11-10-21-12-15(18)20-2/h5-8,17H,3-4,9-12H2,1-2H3. The normalized spacial score (nSPS) is 10.1. The molecule has 0 radical (unpaired) electrons. The van der Waals surface area contributed by atoms with Crippen molar-refractivity contribution in [1.82, 2.24) is 0 Å². The van der Waals surface area contributed by atoms with Gasteiger partial charge >= 0.3 is 11.9 Å². The van der Waals surface area contributed by atoms with Gasteiger partial charge in [-0.05, 0) is 30.7 Å². The third-order valence-corrected chi connectivity index (χ3v) is 2.89. The molecular formula is C16H23NO5. The molecule has 122 valence electrons. The average molecular weight is 309 g/mol. The number of carbonyl (C=O) groups is 2. The number of anilines is 1. The van der Waals surface area contributed by atoms with Crippen LogP contribution >= 0.6 is 0 Å². The van der Waals surface area contributed by atoms with E-state index < -0.39 is 11.9 Å². The molecule has 0 aliphatic carbocycles. The summed E-state index contributed by atoms with van der Waals surface area (Å²) in [4.78, 5) is 22.6. The first-order valence-corrected chi connectivity index (χ1v) is 7.33. The number of unbranched alkanes of at least 4 members (excludes halogenated alkanes) is 1. The Hall–Kier alpha value is -2.08. The number of carbonyl (C=O) groups excluding carboxylic acids is 2.